The maximum atomic E-state index is 13.7. The van der Waals surface area contributed by atoms with Crippen LogP contribution >= 0.6 is 0 Å². The van der Waals surface area contributed by atoms with E-state index in [1.54, 1.807) is 16.4 Å². The summed E-state index contributed by atoms with van der Waals surface area (Å²) < 4.78 is 14.1. The first-order valence-electron chi connectivity index (χ1n) is 11.7. The van der Waals surface area contributed by atoms with E-state index in [-0.39, 0.29) is 24.6 Å². The summed E-state index contributed by atoms with van der Waals surface area (Å²) in [6.45, 7) is 6.60. The summed E-state index contributed by atoms with van der Waals surface area (Å²) in [4.78, 5) is 37.9. The minimum absolute atomic E-state index is 0.0168. The summed E-state index contributed by atoms with van der Waals surface area (Å²) >= 11 is 0. The van der Waals surface area contributed by atoms with Crippen molar-refractivity contribution in [1.29, 1.82) is 0 Å². The Balaban J connectivity index is 1.48. The van der Waals surface area contributed by atoms with Gasteiger partial charge in [0.15, 0.2) is 5.82 Å². The molecule has 0 unspecified atom stereocenters. The Hall–Kier alpha value is -4.47. The molecule has 6 rings (SSSR count). The third kappa shape index (κ3) is 3.62. The lowest BCUT2D eigenvalue weighted by atomic mass is 10.1. The molecule has 0 radical (unpaired) electrons. The largest absolute Gasteiger partial charge is 0.490 e. The molecule has 0 saturated carbocycles. The number of aromatic nitrogens is 5. The van der Waals surface area contributed by atoms with E-state index < -0.39 is 0 Å². The van der Waals surface area contributed by atoms with Crippen molar-refractivity contribution in [3.63, 3.8) is 0 Å². The molecule has 1 amide bonds. The van der Waals surface area contributed by atoms with Gasteiger partial charge in [-0.2, -0.15) is 4.98 Å². The normalized spacial score (nSPS) is 13.2. The van der Waals surface area contributed by atoms with Crippen molar-refractivity contribution >= 4 is 33.5 Å². The highest BCUT2D eigenvalue weighted by Gasteiger charge is 2.26. The first kappa shape index (κ1) is 22.0. The molecule has 0 fully saturated rings. The van der Waals surface area contributed by atoms with Gasteiger partial charge in [-0.15, -0.1) is 0 Å². The van der Waals surface area contributed by atoms with Gasteiger partial charge in [0.05, 0.1) is 24.1 Å². The molecule has 0 aliphatic carbocycles. The molecule has 1 aliphatic rings. The van der Waals surface area contributed by atoms with Crippen LogP contribution < -0.4 is 15.2 Å². The number of anilines is 1. The second-order valence-electron chi connectivity index (χ2n) is 9.08. The Morgan fingerprint density at radius 2 is 1.89 bits per heavy atom. The monoisotopic (exact) mass is 484 g/mol. The van der Waals surface area contributed by atoms with E-state index >= 15 is 0 Å². The molecule has 0 saturated heterocycles. The number of hydrogen-bond donors (Lipinski definition) is 0. The van der Waals surface area contributed by atoms with E-state index in [2.05, 4.69) is 15.1 Å². The highest BCUT2D eigenvalue weighted by Crippen LogP contribution is 2.33. The van der Waals surface area contributed by atoms with E-state index in [1.165, 1.54) is 10.9 Å². The first-order chi connectivity index (χ1) is 17.4. The number of rotatable bonds is 4. The zero-order valence-corrected chi connectivity index (χ0v) is 20.2. The number of benzene rings is 2. The maximum absolute atomic E-state index is 13.7. The predicted molar refractivity (Wildman–Crippen MR) is 133 cm³/mol. The number of nitrogens with zero attached hydrogens (tertiary/aromatic N) is 6. The van der Waals surface area contributed by atoms with Crippen molar-refractivity contribution in [2.75, 3.05) is 18.1 Å². The van der Waals surface area contributed by atoms with Gasteiger partial charge in [0.2, 0.25) is 11.8 Å². The summed E-state index contributed by atoms with van der Waals surface area (Å²) in [5.74, 6) is 1.35. The molecular weight excluding hydrogens is 460 g/mol. The van der Waals surface area contributed by atoms with Crippen LogP contribution in [0.5, 0.6) is 5.75 Å². The summed E-state index contributed by atoms with van der Waals surface area (Å²) in [7, 11) is 0. The molecule has 36 heavy (non-hydrogen) atoms. The van der Waals surface area contributed by atoms with Crippen LogP contribution in [-0.4, -0.2) is 43.3 Å². The van der Waals surface area contributed by atoms with Crippen LogP contribution in [0.4, 0.5) is 5.69 Å². The standard InChI is InChI=1S/C26H24N6O4/c1-15-4-6-19-18(10-15)24-25(26(34)30(14-27-24)12-22-28-17(3)29-36-22)32(19)13-23(33)31-8-9-35-21-7-5-16(2)11-20(21)31/h4-7,10-11,14H,8-9,12-13H2,1-3H3. The number of fused-ring (bicyclic) bond motifs is 4. The summed E-state index contributed by atoms with van der Waals surface area (Å²) in [5.41, 5.74) is 4.23. The van der Waals surface area contributed by atoms with Crippen molar-refractivity contribution in [1.82, 2.24) is 24.3 Å². The second kappa shape index (κ2) is 8.33. The number of carbonyl (C=O) groups is 1. The van der Waals surface area contributed by atoms with Gasteiger partial charge in [-0.3, -0.25) is 14.2 Å². The smallest absolute Gasteiger partial charge is 0.278 e. The molecule has 0 atom stereocenters. The summed E-state index contributed by atoms with van der Waals surface area (Å²) in [5, 5.41) is 4.62. The molecule has 10 nitrogen and oxygen atoms in total. The van der Waals surface area contributed by atoms with E-state index in [0.717, 1.165) is 27.7 Å². The molecule has 1 aliphatic heterocycles. The average molecular weight is 485 g/mol. The van der Waals surface area contributed by atoms with Crippen molar-refractivity contribution in [2.24, 2.45) is 0 Å². The van der Waals surface area contributed by atoms with Gasteiger partial charge in [-0.05, 0) is 50.6 Å². The summed E-state index contributed by atoms with van der Waals surface area (Å²) in [6, 6.07) is 11.7. The van der Waals surface area contributed by atoms with E-state index in [1.807, 2.05) is 50.2 Å². The lowest BCUT2D eigenvalue weighted by Gasteiger charge is -2.30. The number of aryl methyl sites for hydroxylation is 3. The number of hydrogen-bond acceptors (Lipinski definition) is 7. The quantitative estimate of drug-likeness (QED) is 0.386. The molecule has 182 valence electrons. The molecule has 0 spiro atoms. The van der Waals surface area contributed by atoms with Crippen LogP contribution in [0.3, 0.4) is 0 Å². The van der Waals surface area contributed by atoms with Crippen LogP contribution in [0.2, 0.25) is 0 Å². The van der Waals surface area contributed by atoms with Gasteiger partial charge < -0.3 is 18.7 Å². The highest BCUT2D eigenvalue weighted by atomic mass is 16.5. The first-order valence-corrected chi connectivity index (χ1v) is 11.7. The molecule has 4 heterocycles. The predicted octanol–water partition coefficient (Wildman–Crippen LogP) is 3.13. The van der Waals surface area contributed by atoms with Gasteiger partial charge in [0.1, 0.15) is 36.5 Å². The average Bonchev–Trinajstić information content (AvgIpc) is 3.41. The van der Waals surface area contributed by atoms with Crippen LogP contribution in [0.1, 0.15) is 22.8 Å². The minimum atomic E-state index is -0.282. The van der Waals surface area contributed by atoms with Gasteiger partial charge in [-0.1, -0.05) is 22.9 Å². The van der Waals surface area contributed by atoms with E-state index in [0.29, 0.717) is 41.6 Å². The molecule has 2 aromatic carbocycles. The van der Waals surface area contributed by atoms with Crippen LogP contribution in [0.15, 0.2) is 52.0 Å². The third-order valence-electron chi connectivity index (χ3n) is 6.43. The lowest BCUT2D eigenvalue weighted by Crippen LogP contribution is -2.40. The summed E-state index contributed by atoms with van der Waals surface area (Å²) in [6.07, 6.45) is 1.49. The maximum Gasteiger partial charge on any atom is 0.278 e. The Morgan fingerprint density at radius 3 is 2.69 bits per heavy atom. The van der Waals surface area contributed by atoms with Crippen molar-refractivity contribution in [3.8, 4) is 5.75 Å². The SMILES string of the molecule is Cc1ccc2c(c1)N(C(=O)Cn1c3ccc(C)cc3c3ncn(Cc4nc(C)no4)c(=O)c31)CCO2. The van der Waals surface area contributed by atoms with Crippen molar-refractivity contribution < 1.29 is 14.1 Å². The van der Waals surface area contributed by atoms with E-state index in [4.69, 9.17) is 9.26 Å². The Bertz CT molecular complexity index is 1710. The van der Waals surface area contributed by atoms with Crippen molar-refractivity contribution in [2.45, 2.75) is 33.9 Å². The molecular formula is C26H24N6O4. The van der Waals surface area contributed by atoms with Crippen LogP contribution in [0, 0.1) is 20.8 Å². The lowest BCUT2D eigenvalue weighted by molar-refractivity contribution is -0.119. The number of ether oxygens (including phenoxy) is 1. The van der Waals surface area contributed by atoms with Gasteiger partial charge in [-0.25, -0.2) is 4.98 Å². The Kier molecular flexibility index (Phi) is 5.10. The zero-order valence-electron chi connectivity index (χ0n) is 20.2. The van der Waals surface area contributed by atoms with Crippen LogP contribution in [0.25, 0.3) is 21.9 Å². The number of amides is 1. The molecule has 3 aromatic heterocycles. The third-order valence-corrected chi connectivity index (χ3v) is 6.43. The molecule has 10 heteroatoms. The Labute approximate surface area is 205 Å². The molecule has 0 N–H and O–H groups in total. The molecule has 0 bridgehead atoms. The van der Waals surface area contributed by atoms with Gasteiger partial charge >= 0.3 is 0 Å². The van der Waals surface area contributed by atoms with E-state index in [9.17, 15) is 9.59 Å². The highest BCUT2D eigenvalue weighted by molar-refractivity contribution is 6.07. The fourth-order valence-corrected chi connectivity index (χ4v) is 4.75. The zero-order chi connectivity index (χ0) is 25.0. The van der Waals surface area contributed by atoms with Gasteiger partial charge in [0, 0.05) is 5.39 Å². The second-order valence-corrected chi connectivity index (χ2v) is 9.08. The fraction of sp³-hybridized carbons (Fsp3) is 0.269. The van der Waals surface area contributed by atoms with Crippen LogP contribution in [-0.2, 0) is 17.9 Å². The van der Waals surface area contributed by atoms with Crippen molar-refractivity contribution in [3.05, 3.63) is 75.9 Å². The fourth-order valence-electron chi connectivity index (χ4n) is 4.75. The van der Waals surface area contributed by atoms with Gasteiger partial charge in [0.25, 0.3) is 5.56 Å². The Morgan fingerprint density at radius 1 is 1.08 bits per heavy atom. The number of carbonyl (C=O) groups excluding carboxylic acids is 1. The minimum Gasteiger partial charge on any atom is -0.490 e. The molecule has 5 aromatic rings. The topological polar surface area (TPSA) is 108 Å².